The number of rotatable bonds is 50. The maximum atomic E-state index is 12.8. The molecule has 376 valence electrons. The van der Waals surface area contributed by atoms with Gasteiger partial charge in [0.2, 0.25) is 0 Å². The van der Waals surface area contributed by atoms with Gasteiger partial charge in [-0.05, 0) is 83.5 Å². The van der Waals surface area contributed by atoms with Gasteiger partial charge in [0.1, 0.15) is 13.2 Å². The summed E-state index contributed by atoms with van der Waals surface area (Å²) in [5.74, 6) is -0.950. The molecule has 0 radical (unpaired) electrons. The fourth-order valence-corrected chi connectivity index (χ4v) is 7.78. The van der Waals surface area contributed by atoms with Crippen molar-refractivity contribution in [3.05, 3.63) is 60.8 Å². The van der Waals surface area contributed by atoms with Crippen molar-refractivity contribution in [2.45, 2.75) is 284 Å². The Hall–Kier alpha value is -2.89. The Balaban J connectivity index is 4.46. The van der Waals surface area contributed by atoms with Crippen molar-refractivity contribution in [1.29, 1.82) is 0 Å². The SMILES string of the molecule is CCCCC/C=C\C/C=C\C/C=C\C/C=C\CCCC(=O)OCC(COC(=O)CCCCCCCCCCCCCCCCC)OC(=O)CCCCCCC/C=C\CCCCCCCC. The van der Waals surface area contributed by atoms with Crippen LogP contribution in [-0.4, -0.2) is 37.2 Å². The lowest BCUT2D eigenvalue weighted by Crippen LogP contribution is -2.30. The third-order valence-corrected chi connectivity index (χ3v) is 12.0. The minimum Gasteiger partial charge on any atom is -0.462 e. The number of carbonyl (C=O) groups is 3. The fourth-order valence-electron chi connectivity index (χ4n) is 7.78. The summed E-state index contributed by atoms with van der Waals surface area (Å²) in [4.78, 5) is 38.1. The van der Waals surface area contributed by atoms with Gasteiger partial charge < -0.3 is 14.2 Å². The number of unbranched alkanes of at least 4 members (excludes halogenated alkanes) is 29. The summed E-state index contributed by atoms with van der Waals surface area (Å²) in [7, 11) is 0. The van der Waals surface area contributed by atoms with E-state index >= 15 is 0 Å². The number of esters is 3. The van der Waals surface area contributed by atoms with Crippen LogP contribution in [0.25, 0.3) is 0 Å². The highest BCUT2D eigenvalue weighted by Gasteiger charge is 2.19. The van der Waals surface area contributed by atoms with E-state index in [0.29, 0.717) is 19.3 Å². The van der Waals surface area contributed by atoms with Gasteiger partial charge in [-0.1, -0.05) is 236 Å². The van der Waals surface area contributed by atoms with E-state index in [0.717, 1.165) is 77.0 Å². The lowest BCUT2D eigenvalue weighted by Gasteiger charge is -2.18. The molecule has 0 aromatic heterocycles. The van der Waals surface area contributed by atoms with Crippen LogP contribution in [0.1, 0.15) is 278 Å². The summed E-state index contributed by atoms with van der Waals surface area (Å²) < 4.78 is 16.8. The molecule has 0 rings (SSSR count). The van der Waals surface area contributed by atoms with E-state index in [-0.39, 0.29) is 37.5 Å². The number of carbonyl (C=O) groups excluding carboxylic acids is 3. The molecule has 0 heterocycles. The average molecular weight is 909 g/mol. The highest BCUT2D eigenvalue weighted by Crippen LogP contribution is 2.15. The Morgan fingerprint density at radius 3 is 0.969 bits per heavy atom. The second-order valence-electron chi connectivity index (χ2n) is 18.5. The lowest BCUT2D eigenvalue weighted by atomic mass is 10.0. The summed E-state index contributed by atoms with van der Waals surface area (Å²) >= 11 is 0. The molecule has 1 atom stereocenters. The Labute approximate surface area is 402 Å². The van der Waals surface area contributed by atoms with Crippen molar-refractivity contribution >= 4 is 17.9 Å². The van der Waals surface area contributed by atoms with Crippen molar-refractivity contribution in [3.63, 3.8) is 0 Å². The van der Waals surface area contributed by atoms with E-state index in [4.69, 9.17) is 14.2 Å². The number of ether oxygens (including phenoxy) is 3. The van der Waals surface area contributed by atoms with Gasteiger partial charge in [-0.15, -0.1) is 0 Å². The van der Waals surface area contributed by atoms with Crippen LogP contribution in [0.4, 0.5) is 0 Å². The van der Waals surface area contributed by atoms with Gasteiger partial charge in [0.05, 0.1) is 0 Å². The monoisotopic (exact) mass is 909 g/mol. The minimum atomic E-state index is -0.798. The van der Waals surface area contributed by atoms with Crippen molar-refractivity contribution in [2.75, 3.05) is 13.2 Å². The molecule has 0 spiro atoms. The lowest BCUT2D eigenvalue weighted by molar-refractivity contribution is -0.167. The second-order valence-corrected chi connectivity index (χ2v) is 18.5. The van der Waals surface area contributed by atoms with E-state index in [1.165, 1.54) is 154 Å². The third-order valence-electron chi connectivity index (χ3n) is 12.0. The van der Waals surface area contributed by atoms with Gasteiger partial charge in [0.25, 0.3) is 0 Å². The molecule has 0 aliphatic carbocycles. The molecule has 0 N–H and O–H groups in total. The fraction of sp³-hybridized carbons (Fsp3) is 0.780. The van der Waals surface area contributed by atoms with Crippen LogP contribution >= 0.6 is 0 Å². The van der Waals surface area contributed by atoms with Crippen LogP contribution < -0.4 is 0 Å². The predicted octanol–water partition coefficient (Wildman–Crippen LogP) is 18.4. The average Bonchev–Trinajstić information content (AvgIpc) is 3.30. The molecule has 6 heteroatoms. The molecule has 0 amide bonds. The molecule has 0 saturated heterocycles. The summed E-state index contributed by atoms with van der Waals surface area (Å²) in [5, 5.41) is 0. The number of hydrogen-bond acceptors (Lipinski definition) is 6. The van der Waals surface area contributed by atoms with Crippen molar-refractivity contribution in [1.82, 2.24) is 0 Å². The molecule has 0 aromatic carbocycles. The predicted molar refractivity (Wildman–Crippen MR) is 279 cm³/mol. The Morgan fingerprint density at radius 2 is 0.569 bits per heavy atom. The molecular formula is C59H104O6. The molecule has 0 aromatic rings. The molecule has 0 aliphatic rings. The van der Waals surface area contributed by atoms with E-state index < -0.39 is 6.10 Å². The zero-order valence-electron chi connectivity index (χ0n) is 43.0. The van der Waals surface area contributed by atoms with E-state index in [1.54, 1.807) is 0 Å². The van der Waals surface area contributed by atoms with Gasteiger partial charge in [-0.2, -0.15) is 0 Å². The van der Waals surface area contributed by atoms with Gasteiger partial charge in [0.15, 0.2) is 6.10 Å². The van der Waals surface area contributed by atoms with Gasteiger partial charge >= 0.3 is 17.9 Å². The summed E-state index contributed by atoms with van der Waals surface area (Å²) in [6.07, 6.45) is 66.4. The molecule has 6 nitrogen and oxygen atoms in total. The highest BCUT2D eigenvalue weighted by molar-refractivity contribution is 5.71. The molecule has 1 unspecified atom stereocenters. The molecule has 0 fully saturated rings. The quantitative estimate of drug-likeness (QED) is 0.0262. The number of allylic oxidation sites excluding steroid dienone is 10. The normalized spacial score (nSPS) is 12.5. The first kappa shape index (κ1) is 62.1. The molecule has 0 saturated carbocycles. The second kappa shape index (κ2) is 53.7. The Kier molecular flexibility index (Phi) is 51.3. The Morgan fingerprint density at radius 1 is 0.308 bits per heavy atom. The first-order valence-corrected chi connectivity index (χ1v) is 27.8. The molecule has 0 aliphatic heterocycles. The maximum absolute atomic E-state index is 12.8. The Bertz CT molecular complexity index is 1180. The topological polar surface area (TPSA) is 78.9 Å². The first-order valence-electron chi connectivity index (χ1n) is 27.8. The number of hydrogen-bond donors (Lipinski definition) is 0. The van der Waals surface area contributed by atoms with Gasteiger partial charge in [0, 0.05) is 19.3 Å². The van der Waals surface area contributed by atoms with Crippen LogP contribution in [0.3, 0.4) is 0 Å². The van der Waals surface area contributed by atoms with Crippen molar-refractivity contribution < 1.29 is 28.6 Å². The van der Waals surface area contributed by atoms with Crippen LogP contribution in [0.5, 0.6) is 0 Å². The molecule has 65 heavy (non-hydrogen) atoms. The van der Waals surface area contributed by atoms with Crippen LogP contribution in [0.2, 0.25) is 0 Å². The van der Waals surface area contributed by atoms with E-state index in [2.05, 4.69) is 81.5 Å². The smallest absolute Gasteiger partial charge is 0.306 e. The van der Waals surface area contributed by atoms with Gasteiger partial charge in [-0.3, -0.25) is 14.4 Å². The highest BCUT2D eigenvalue weighted by atomic mass is 16.6. The molecular weight excluding hydrogens is 805 g/mol. The summed E-state index contributed by atoms with van der Waals surface area (Å²) in [6, 6.07) is 0. The first-order chi connectivity index (χ1) is 32.0. The van der Waals surface area contributed by atoms with E-state index in [9.17, 15) is 14.4 Å². The van der Waals surface area contributed by atoms with Crippen molar-refractivity contribution in [2.24, 2.45) is 0 Å². The van der Waals surface area contributed by atoms with Crippen molar-refractivity contribution in [3.8, 4) is 0 Å². The summed E-state index contributed by atoms with van der Waals surface area (Å²) in [6.45, 7) is 6.57. The van der Waals surface area contributed by atoms with Gasteiger partial charge in [-0.25, -0.2) is 0 Å². The van der Waals surface area contributed by atoms with Crippen LogP contribution in [0.15, 0.2) is 60.8 Å². The third kappa shape index (κ3) is 51.9. The maximum Gasteiger partial charge on any atom is 0.306 e. The zero-order valence-corrected chi connectivity index (χ0v) is 43.0. The zero-order chi connectivity index (χ0) is 47.2. The largest absolute Gasteiger partial charge is 0.462 e. The van der Waals surface area contributed by atoms with Crippen LogP contribution in [0, 0.1) is 0 Å². The van der Waals surface area contributed by atoms with Crippen LogP contribution in [-0.2, 0) is 28.6 Å². The minimum absolute atomic E-state index is 0.0921. The summed E-state index contributed by atoms with van der Waals surface area (Å²) in [5.41, 5.74) is 0. The molecule has 0 bridgehead atoms. The van der Waals surface area contributed by atoms with E-state index in [1.807, 2.05) is 0 Å². The standard InChI is InChI=1S/C59H104O6/c1-4-7-10-13-16-19-22-25-28-29-32-34-37-40-43-46-49-52-58(61)64-55-56(65-59(62)53-50-47-44-41-38-35-31-27-24-21-18-15-12-9-6-3)54-63-57(60)51-48-45-42-39-36-33-30-26-23-20-17-14-11-8-5-2/h16,19,25,27-28,31-32,34,40,43,56H,4-15,17-18,20-24,26,29-30,33,35-39,41-42,44-55H2,1-3H3/b19-16-,28-25-,31-27-,34-32-,43-40-.